The summed E-state index contributed by atoms with van der Waals surface area (Å²) in [6, 6.07) is 8.54. The van der Waals surface area contributed by atoms with Gasteiger partial charge in [0.25, 0.3) is 0 Å². The molecule has 17 heavy (non-hydrogen) atoms. The molecule has 2 aliphatic heterocycles. The number of para-hydroxylation sites is 1. The van der Waals surface area contributed by atoms with Gasteiger partial charge in [0, 0.05) is 12.2 Å². The molecule has 1 aromatic rings. The molecule has 1 unspecified atom stereocenters. The SMILES string of the molecule is C=CC(C)(C)C12CCN=C1Nc1ccccc12. The van der Waals surface area contributed by atoms with Crippen LogP contribution in [-0.2, 0) is 5.41 Å². The van der Waals surface area contributed by atoms with E-state index in [0.717, 1.165) is 18.8 Å². The second kappa shape index (κ2) is 3.22. The van der Waals surface area contributed by atoms with E-state index in [-0.39, 0.29) is 10.8 Å². The number of aliphatic imine (C=N–C) groups is 1. The molecule has 0 aliphatic carbocycles. The van der Waals surface area contributed by atoms with Crippen LogP contribution < -0.4 is 5.32 Å². The fourth-order valence-corrected chi connectivity index (χ4v) is 3.24. The molecule has 0 amide bonds. The van der Waals surface area contributed by atoms with E-state index in [1.807, 2.05) is 0 Å². The zero-order chi connectivity index (χ0) is 12.1. The Morgan fingerprint density at radius 1 is 1.41 bits per heavy atom. The smallest absolute Gasteiger partial charge is 0.112 e. The van der Waals surface area contributed by atoms with Crippen molar-refractivity contribution in [1.82, 2.24) is 0 Å². The lowest BCUT2D eigenvalue weighted by molar-refractivity contribution is 0.308. The molecule has 0 saturated carbocycles. The summed E-state index contributed by atoms with van der Waals surface area (Å²) in [6.07, 6.45) is 3.14. The molecule has 0 aromatic heterocycles. The van der Waals surface area contributed by atoms with Crippen molar-refractivity contribution < 1.29 is 0 Å². The quantitative estimate of drug-likeness (QED) is 0.768. The summed E-state index contributed by atoms with van der Waals surface area (Å²) in [5.41, 5.74) is 2.61. The lowest BCUT2D eigenvalue weighted by Crippen LogP contribution is -2.44. The molecule has 0 saturated heterocycles. The largest absolute Gasteiger partial charge is 0.343 e. The summed E-state index contributed by atoms with van der Waals surface area (Å²) in [5.74, 6) is 1.13. The minimum absolute atomic E-state index is 0.00530. The molecule has 2 heterocycles. The molecule has 2 aliphatic rings. The maximum absolute atomic E-state index is 4.66. The molecular formula is C15H18N2. The van der Waals surface area contributed by atoms with E-state index in [2.05, 4.69) is 61.1 Å². The van der Waals surface area contributed by atoms with Crippen molar-refractivity contribution in [2.24, 2.45) is 10.4 Å². The molecule has 1 N–H and O–H groups in total. The minimum Gasteiger partial charge on any atom is -0.343 e. The van der Waals surface area contributed by atoms with E-state index in [4.69, 9.17) is 0 Å². The number of amidine groups is 1. The number of nitrogens with one attached hydrogen (secondary N) is 1. The number of fused-ring (bicyclic) bond motifs is 3. The summed E-state index contributed by atoms with van der Waals surface area (Å²) in [5, 5.41) is 3.48. The number of anilines is 1. The van der Waals surface area contributed by atoms with Crippen molar-refractivity contribution in [1.29, 1.82) is 0 Å². The lowest BCUT2D eigenvalue weighted by atomic mass is 9.61. The number of benzene rings is 1. The van der Waals surface area contributed by atoms with Crippen LogP contribution in [0.15, 0.2) is 41.9 Å². The van der Waals surface area contributed by atoms with Crippen molar-refractivity contribution in [3.05, 3.63) is 42.5 Å². The van der Waals surface area contributed by atoms with Crippen LogP contribution in [0.1, 0.15) is 25.8 Å². The second-order valence-electron chi connectivity index (χ2n) is 5.48. The molecule has 1 atom stereocenters. The van der Waals surface area contributed by atoms with Gasteiger partial charge in [-0.3, -0.25) is 4.99 Å². The highest BCUT2D eigenvalue weighted by molar-refractivity contribution is 6.11. The summed E-state index contributed by atoms with van der Waals surface area (Å²) in [4.78, 5) is 4.66. The van der Waals surface area contributed by atoms with Crippen molar-refractivity contribution >= 4 is 11.5 Å². The van der Waals surface area contributed by atoms with Crippen LogP contribution >= 0.6 is 0 Å². The van der Waals surface area contributed by atoms with E-state index in [9.17, 15) is 0 Å². The fourth-order valence-electron chi connectivity index (χ4n) is 3.24. The van der Waals surface area contributed by atoms with Crippen LogP contribution in [0.5, 0.6) is 0 Å². The minimum atomic E-state index is 0.00530. The zero-order valence-corrected chi connectivity index (χ0v) is 10.5. The Morgan fingerprint density at radius 3 is 2.94 bits per heavy atom. The molecule has 1 aromatic carbocycles. The van der Waals surface area contributed by atoms with E-state index in [0.29, 0.717) is 0 Å². The Balaban J connectivity index is 2.27. The summed E-state index contributed by atoms with van der Waals surface area (Å²) < 4.78 is 0. The molecule has 2 nitrogen and oxygen atoms in total. The third kappa shape index (κ3) is 1.13. The lowest BCUT2D eigenvalue weighted by Gasteiger charge is -2.40. The van der Waals surface area contributed by atoms with E-state index >= 15 is 0 Å². The van der Waals surface area contributed by atoms with E-state index < -0.39 is 0 Å². The molecule has 0 bridgehead atoms. The van der Waals surface area contributed by atoms with Crippen molar-refractivity contribution in [2.45, 2.75) is 25.7 Å². The first-order chi connectivity index (χ1) is 8.12. The standard InChI is InChI=1S/C15H18N2/c1-4-14(2,3)15-9-10-16-13(15)17-12-8-6-5-7-11(12)15/h4-8H,1,9-10H2,2-3H3,(H,16,17). The highest BCUT2D eigenvalue weighted by Crippen LogP contribution is 2.54. The van der Waals surface area contributed by atoms with Gasteiger partial charge in [0.15, 0.2) is 0 Å². The second-order valence-corrected chi connectivity index (χ2v) is 5.48. The highest BCUT2D eigenvalue weighted by Gasteiger charge is 2.55. The Morgan fingerprint density at radius 2 is 2.18 bits per heavy atom. The van der Waals surface area contributed by atoms with Crippen LogP contribution in [0, 0.1) is 5.41 Å². The van der Waals surface area contributed by atoms with Crippen LogP contribution in [0.4, 0.5) is 5.69 Å². The highest BCUT2D eigenvalue weighted by atomic mass is 15.1. The maximum Gasteiger partial charge on any atom is 0.112 e. The number of nitrogens with zero attached hydrogens (tertiary/aromatic N) is 1. The Kier molecular flexibility index (Phi) is 2.00. The van der Waals surface area contributed by atoms with Gasteiger partial charge >= 0.3 is 0 Å². The first-order valence-corrected chi connectivity index (χ1v) is 6.17. The van der Waals surface area contributed by atoms with Crippen molar-refractivity contribution in [2.75, 3.05) is 11.9 Å². The third-order valence-electron chi connectivity index (χ3n) is 4.41. The molecule has 0 radical (unpaired) electrons. The molecule has 88 valence electrons. The van der Waals surface area contributed by atoms with Gasteiger partial charge in [-0.25, -0.2) is 0 Å². The number of allylic oxidation sites excluding steroid dienone is 1. The molecule has 0 fully saturated rings. The van der Waals surface area contributed by atoms with Crippen LogP contribution in [-0.4, -0.2) is 12.4 Å². The molecular weight excluding hydrogens is 208 g/mol. The normalized spacial score (nSPS) is 25.9. The van der Waals surface area contributed by atoms with Gasteiger partial charge in [0.2, 0.25) is 0 Å². The predicted molar refractivity (Wildman–Crippen MR) is 72.6 cm³/mol. The molecule has 0 spiro atoms. The van der Waals surface area contributed by atoms with Gasteiger partial charge in [-0.05, 0) is 23.5 Å². The Bertz CT molecular complexity index is 513. The molecule has 2 heteroatoms. The summed E-state index contributed by atoms with van der Waals surface area (Å²) in [6.45, 7) is 9.44. The van der Waals surface area contributed by atoms with Crippen LogP contribution in [0.2, 0.25) is 0 Å². The zero-order valence-electron chi connectivity index (χ0n) is 10.5. The summed E-state index contributed by atoms with van der Waals surface area (Å²) >= 11 is 0. The summed E-state index contributed by atoms with van der Waals surface area (Å²) in [7, 11) is 0. The van der Waals surface area contributed by atoms with Crippen molar-refractivity contribution in [3.8, 4) is 0 Å². The number of hydrogen-bond acceptors (Lipinski definition) is 2. The Labute approximate surface area is 102 Å². The average Bonchev–Trinajstić information content (AvgIpc) is 2.85. The van der Waals surface area contributed by atoms with E-state index in [1.54, 1.807) is 0 Å². The Hall–Kier alpha value is -1.57. The first kappa shape index (κ1) is 10.6. The number of rotatable bonds is 2. The monoisotopic (exact) mass is 226 g/mol. The van der Waals surface area contributed by atoms with Crippen molar-refractivity contribution in [3.63, 3.8) is 0 Å². The van der Waals surface area contributed by atoms with Gasteiger partial charge in [0.05, 0.1) is 5.41 Å². The van der Waals surface area contributed by atoms with Gasteiger partial charge in [0.1, 0.15) is 5.84 Å². The van der Waals surface area contributed by atoms with Crippen LogP contribution in [0.25, 0.3) is 0 Å². The van der Waals surface area contributed by atoms with Gasteiger partial charge < -0.3 is 5.32 Å². The predicted octanol–water partition coefficient (Wildman–Crippen LogP) is 3.36. The molecule has 3 rings (SSSR count). The van der Waals surface area contributed by atoms with Crippen LogP contribution in [0.3, 0.4) is 0 Å². The van der Waals surface area contributed by atoms with Gasteiger partial charge in [-0.15, -0.1) is 6.58 Å². The van der Waals surface area contributed by atoms with Gasteiger partial charge in [-0.2, -0.15) is 0 Å². The fraction of sp³-hybridized carbons (Fsp3) is 0.400. The van der Waals surface area contributed by atoms with E-state index in [1.165, 1.54) is 11.3 Å². The average molecular weight is 226 g/mol. The topological polar surface area (TPSA) is 24.4 Å². The third-order valence-corrected chi connectivity index (χ3v) is 4.41. The van der Waals surface area contributed by atoms with Gasteiger partial charge in [-0.1, -0.05) is 38.1 Å². The number of hydrogen-bond donors (Lipinski definition) is 1. The first-order valence-electron chi connectivity index (χ1n) is 6.17. The maximum atomic E-state index is 4.66.